The van der Waals surface area contributed by atoms with Crippen molar-refractivity contribution >= 4 is 15.9 Å². The number of nitrogens with zero attached hydrogens (tertiary/aromatic N) is 2. The van der Waals surface area contributed by atoms with Crippen molar-refractivity contribution in [1.29, 1.82) is 5.26 Å². The number of halogens is 3. The summed E-state index contributed by atoms with van der Waals surface area (Å²) in [6.07, 6.45) is -1.51. The Balaban J connectivity index is 2.01. The third kappa shape index (κ3) is 5.43. The number of nitrogens with one attached hydrogen (secondary N) is 2. The van der Waals surface area contributed by atoms with Gasteiger partial charge in [0.2, 0.25) is 10.0 Å². The van der Waals surface area contributed by atoms with E-state index in [0.717, 1.165) is 22.5 Å². The lowest BCUT2D eigenvalue weighted by Crippen LogP contribution is -2.37. The zero-order valence-electron chi connectivity index (χ0n) is 13.8. The molecule has 0 atom stereocenters. The van der Waals surface area contributed by atoms with E-state index in [0.29, 0.717) is 11.8 Å². The number of rotatable bonds is 6. The number of hydrogen-bond donors (Lipinski definition) is 2. The second-order valence-corrected chi connectivity index (χ2v) is 7.36. The molecule has 0 fully saturated rings. The van der Waals surface area contributed by atoms with Gasteiger partial charge in [-0.3, -0.25) is 20.4 Å². The molecule has 2 N–H and O–H groups in total. The second-order valence-electron chi connectivity index (χ2n) is 5.42. The maximum absolute atomic E-state index is 12.8. The van der Waals surface area contributed by atoms with Crippen LogP contribution in [-0.2, 0) is 25.8 Å². The Kier molecular flexibility index (Phi) is 6.42. The quantitative estimate of drug-likeness (QED) is 0.417. The monoisotopic (exact) mass is 404 g/mol. The van der Waals surface area contributed by atoms with Crippen LogP contribution in [0, 0.1) is 11.5 Å². The number of carbonyl (C=O) groups excluding carboxylic acids is 1. The Bertz CT molecular complexity index is 878. The number of alkyl halides is 3. The summed E-state index contributed by atoms with van der Waals surface area (Å²) in [6.45, 7) is -0.475. The fourth-order valence-electron chi connectivity index (χ4n) is 2.24. The molecule has 1 aliphatic heterocycles. The first kappa shape index (κ1) is 20.7. The molecule has 1 aromatic carbocycles. The first-order chi connectivity index (χ1) is 12.6. The summed E-state index contributed by atoms with van der Waals surface area (Å²) in [5.74, 6) is -0.657. The zero-order chi connectivity index (χ0) is 20.1. The van der Waals surface area contributed by atoms with Crippen LogP contribution in [0.2, 0.25) is 0 Å². The van der Waals surface area contributed by atoms with Gasteiger partial charge in [0.25, 0.3) is 5.91 Å². The summed E-state index contributed by atoms with van der Waals surface area (Å²) in [6, 6.07) is 3.56. The second kappa shape index (κ2) is 8.38. The molecule has 1 amide bonds. The van der Waals surface area contributed by atoms with Gasteiger partial charge >= 0.3 is 6.18 Å². The highest BCUT2D eigenvalue weighted by molar-refractivity contribution is 7.89. The van der Waals surface area contributed by atoms with Gasteiger partial charge in [-0.15, -0.1) is 0 Å². The predicted molar refractivity (Wildman–Crippen MR) is 85.7 cm³/mol. The molecule has 0 unspecified atom stereocenters. The van der Waals surface area contributed by atoms with Crippen LogP contribution in [0.3, 0.4) is 0 Å². The van der Waals surface area contributed by atoms with Gasteiger partial charge in [-0.05, 0) is 24.3 Å². The van der Waals surface area contributed by atoms with Gasteiger partial charge < -0.3 is 0 Å². The van der Waals surface area contributed by atoms with E-state index >= 15 is 0 Å². The Morgan fingerprint density at radius 1 is 1.37 bits per heavy atom. The first-order valence-electron chi connectivity index (χ1n) is 7.57. The number of hydrogen-bond acceptors (Lipinski definition) is 6. The molecule has 0 saturated carbocycles. The van der Waals surface area contributed by atoms with Crippen molar-refractivity contribution in [1.82, 2.24) is 15.1 Å². The molecule has 1 aromatic rings. The minimum absolute atomic E-state index is 0.0190. The summed E-state index contributed by atoms with van der Waals surface area (Å²) in [7, 11) is -4.09. The Labute approximate surface area is 153 Å². The highest BCUT2D eigenvalue weighted by Gasteiger charge is 2.33. The number of benzene rings is 1. The fraction of sp³-hybridized carbons (Fsp3) is 0.333. The van der Waals surface area contributed by atoms with Crippen molar-refractivity contribution < 1.29 is 31.2 Å². The van der Waals surface area contributed by atoms with Crippen molar-refractivity contribution in [3.8, 4) is 6.19 Å². The Hall–Kier alpha value is -2.62. The normalized spacial score (nSPS) is 15.6. The molecule has 12 heteroatoms. The van der Waals surface area contributed by atoms with Gasteiger partial charge in [0.05, 0.1) is 10.5 Å². The van der Waals surface area contributed by atoms with Crippen LogP contribution in [0.4, 0.5) is 13.2 Å². The van der Waals surface area contributed by atoms with Crippen LogP contribution < -0.4 is 10.8 Å². The highest BCUT2D eigenvalue weighted by atomic mass is 32.2. The van der Waals surface area contributed by atoms with Gasteiger partial charge in [-0.25, -0.2) is 8.42 Å². The van der Waals surface area contributed by atoms with Crippen LogP contribution in [0.25, 0.3) is 0 Å². The molecule has 0 bridgehead atoms. The van der Waals surface area contributed by atoms with E-state index in [2.05, 4.69) is 5.48 Å². The van der Waals surface area contributed by atoms with Crippen molar-refractivity contribution in [2.24, 2.45) is 0 Å². The number of carbonyl (C=O) groups is 1. The molecule has 0 saturated heterocycles. The van der Waals surface area contributed by atoms with E-state index in [-0.39, 0.29) is 19.5 Å². The third-order valence-corrected chi connectivity index (χ3v) is 5.43. The summed E-state index contributed by atoms with van der Waals surface area (Å²) in [5, 5.41) is 10.1. The molecule has 27 heavy (non-hydrogen) atoms. The number of hydroxylamine groups is 1. The van der Waals surface area contributed by atoms with E-state index in [1.807, 2.05) is 5.32 Å². The lowest BCUT2D eigenvalue weighted by Gasteiger charge is -2.26. The van der Waals surface area contributed by atoms with E-state index in [1.165, 1.54) is 12.3 Å². The van der Waals surface area contributed by atoms with Gasteiger partial charge in [-0.2, -0.15) is 22.7 Å². The van der Waals surface area contributed by atoms with Gasteiger partial charge in [0.15, 0.2) is 12.8 Å². The van der Waals surface area contributed by atoms with Crippen molar-refractivity contribution in [3.63, 3.8) is 0 Å². The maximum Gasteiger partial charge on any atom is 0.416 e. The SMILES string of the molecule is N#CNC(=O)CONC1=CCN(S(=O)(=O)c2cccc(C(F)(F)F)c2)CC1. The van der Waals surface area contributed by atoms with Crippen LogP contribution in [0.15, 0.2) is 40.9 Å². The maximum atomic E-state index is 12.8. The first-order valence-corrected chi connectivity index (χ1v) is 9.01. The summed E-state index contributed by atoms with van der Waals surface area (Å²) in [5.41, 5.74) is 1.94. The van der Waals surface area contributed by atoms with E-state index in [1.54, 1.807) is 0 Å². The van der Waals surface area contributed by atoms with E-state index < -0.39 is 39.2 Å². The predicted octanol–water partition coefficient (Wildman–Crippen LogP) is 1.10. The average molecular weight is 404 g/mol. The number of amides is 1. The molecule has 0 aromatic heterocycles. The molecule has 2 rings (SSSR count). The van der Waals surface area contributed by atoms with Gasteiger partial charge in [0, 0.05) is 25.2 Å². The third-order valence-electron chi connectivity index (χ3n) is 3.57. The molecular formula is C15H15F3N4O4S. The van der Waals surface area contributed by atoms with E-state index in [9.17, 15) is 26.4 Å². The lowest BCUT2D eigenvalue weighted by molar-refractivity contribution is -0.137. The van der Waals surface area contributed by atoms with E-state index in [4.69, 9.17) is 10.1 Å². The van der Waals surface area contributed by atoms with Crippen LogP contribution in [0.5, 0.6) is 0 Å². The zero-order valence-corrected chi connectivity index (χ0v) is 14.6. The molecule has 8 nitrogen and oxygen atoms in total. The molecule has 0 aliphatic carbocycles. The largest absolute Gasteiger partial charge is 0.416 e. The van der Waals surface area contributed by atoms with Crippen LogP contribution in [0.1, 0.15) is 12.0 Å². The van der Waals surface area contributed by atoms with Gasteiger partial charge in [0.1, 0.15) is 0 Å². The number of nitriles is 1. The topological polar surface area (TPSA) is 112 Å². The Morgan fingerprint density at radius 2 is 2.11 bits per heavy atom. The summed E-state index contributed by atoms with van der Waals surface area (Å²) in [4.78, 5) is 15.5. The molecule has 0 spiro atoms. The van der Waals surface area contributed by atoms with Crippen molar-refractivity contribution in [2.45, 2.75) is 17.5 Å². The minimum atomic E-state index is -4.64. The number of sulfonamides is 1. The Morgan fingerprint density at radius 3 is 2.70 bits per heavy atom. The molecule has 0 radical (unpaired) electrons. The molecule has 146 valence electrons. The van der Waals surface area contributed by atoms with Crippen LogP contribution >= 0.6 is 0 Å². The highest BCUT2D eigenvalue weighted by Crippen LogP contribution is 2.31. The lowest BCUT2D eigenvalue weighted by atomic mass is 10.2. The smallest absolute Gasteiger partial charge is 0.271 e. The standard InChI is InChI=1S/C15H15F3N4O4S/c16-15(17,18)11-2-1-3-13(8-11)27(24,25)22-6-4-12(5-7-22)21-26-9-14(23)20-10-19/h1-4,8,21H,5-7,9H2,(H,20,23). The fourth-order valence-corrected chi connectivity index (χ4v) is 3.66. The minimum Gasteiger partial charge on any atom is -0.271 e. The molecule has 1 heterocycles. The van der Waals surface area contributed by atoms with Crippen molar-refractivity contribution in [3.05, 3.63) is 41.6 Å². The van der Waals surface area contributed by atoms with Gasteiger partial charge in [-0.1, -0.05) is 6.07 Å². The summed E-state index contributed by atoms with van der Waals surface area (Å²) >= 11 is 0. The van der Waals surface area contributed by atoms with Crippen molar-refractivity contribution in [2.75, 3.05) is 19.7 Å². The average Bonchev–Trinajstić information content (AvgIpc) is 2.62. The molecular weight excluding hydrogens is 389 g/mol. The molecule has 1 aliphatic rings. The van der Waals surface area contributed by atoms with Crippen LogP contribution in [-0.4, -0.2) is 38.3 Å². The summed E-state index contributed by atoms with van der Waals surface area (Å²) < 4.78 is 64.5.